The number of piperidine rings is 1. The van der Waals surface area contributed by atoms with E-state index in [4.69, 9.17) is 20.2 Å². The normalized spacial score (nSPS) is 17.1. The maximum atomic E-state index is 11.2. The highest BCUT2D eigenvalue weighted by Gasteiger charge is 2.23. The fourth-order valence-corrected chi connectivity index (χ4v) is 3.28. The molecule has 1 unspecified atom stereocenters. The number of hydrogen-bond acceptors (Lipinski definition) is 4. The minimum atomic E-state index is -0.232. The van der Waals surface area contributed by atoms with Gasteiger partial charge in [-0.15, -0.1) is 24.0 Å². The van der Waals surface area contributed by atoms with Gasteiger partial charge < -0.3 is 25.4 Å². The van der Waals surface area contributed by atoms with Crippen LogP contribution in [-0.4, -0.2) is 50.6 Å². The van der Waals surface area contributed by atoms with Crippen LogP contribution in [0.5, 0.6) is 11.5 Å². The Bertz CT molecular complexity index is 639. The number of benzene rings is 1. The summed E-state index contributed by atoms with van der Waals surface area (Å²) in [6, 6.07) is 5.82. The van der Waals surface area contributed by atoms with E-state index in [0.717, 1.165) is 44.0 Å². The van der Waals surface area contributed by atoms with E-state index in [2.05, 4.69) is 17.1 Å². The van der Waals surface area contributed by atoms with Crippen LogP contribution in [0.15, 0.2) is 23.2 Å². The smallest absolute Gasteiger partial charge is 0.217 e. The predicted octanol–water partition coefficient (Wildman–Crippen LogP) is 2.37. The monoisotopic (exact) mass is 490 g/mol. The molecule has 152 valence electrons. The molecule has 27 heavy (non-hydrogen) atoms. The first-order valence-corrected chi connectivity index (χ1v) is 9.09. The molecule has 3 N–H and O–H groups in total. The molecule has 1 fully saturated rings. The Morgan fingerprint density at radius 2 is 2.07 bits per heavy atom. The number of rotatable bonds is 7. The fourth-order valence-electron chi connectivity index (χ4n) is 3.28. The van der Waals surface area contributed by atoms with Crippen molar-refractivity contribution >= 4 is 35.8 Å². The Labute approximate surface area is 178 Å². The molecule has 8 heteroatoms. The van der Waals surface area contributed by atoms with E-state index in [0.29, 0.717) is 30.4 Å². The highest BCUT2D eigenvalue weighted by atomic mass is 127. The van der Waals surface area contributed by atoms with E-state index in [1.807, 2.05) is 18.2 Å². The average Bonchev–Trinajstić information content (AvgIpc) is 2.64. The van der Waals surface area contributed by atoms with Crippen molar-refractivity contribution in [1.82, 2.24) is 10.2 Å². The fraction of sp³-hybridized carbons (Fsp3) is 0.579. The van der Waals surface area contributed by atoms with Crippen molar-refractivity contribution in [2.45, 2.75) is 32.7 Å². The molecule has 1 atom stereocenters. The van der Waals surface area contributed by atoms with Gasteiger partial charge in [-0.05, 0) is 43.4 Å². The van der Waals surface area contributed by atoms with E-state index in [1.165, 1.54) is 0 Å². The Kier molecular flexibility index (Phi) is 10.3. The number of nitrogens with one attached hydrogen (secondary N) is 1. The first-order valence-electron chi connectivity index (χ1n) is 9.09. The molecule has 1 heterocycles. The Morgan fingerprint density at radius 1 is 1.33 bits per heavy atom. The van der Waals surface area contributed by atoms with Crippen molar-refractivity contribution in [3.05, 3.63) is 23.8 Å². The van der Waals surface area contributed by atoms with Crippen LogP contribution in [0.2, 0.25) is 0 Å². The molecule has 0 bridgehead atoms. The highest BCUT2D eigenvalue weighted by molar-refractivity contribution is 14.0. The lowest BCUT2D eigenvalue weighted by molar-refractivity contribution is -0.119. The van der Waals surface area contributed by atoms with Gasteiger partial charge in [0, 0.05) is 26.1 Å². The number of nitrogens with two attached hydrogens (primary N) is 1. The zero-order chi connectivity index (χ0) is 18.9. The Balaban J connectivity index is 0.00000364. The molecule has 1 aliphatic heterocycles. The molecule has 2 rings (SSSR count). The minimum absolute atomic E-state index is 0. The van der Waals surface area contributed by atoms with Crippen LogP contribution >= 0.6 is 24.0 Å². The van der Waals surface area contributed by atoms with Crippen LogP contribution in [0.3, 0.4) is 0 Å². The van der Waals surface area contributed by atoms with Gasteiger partial charge in [-0.3, -0.25) is 4.79 Å². The van der Waals surface area contributed by atoms with Gasteiger partial charge in [0.1, 0.15) is 0 Å². The van der Waals surface area contributed by atoms with E-state index >= 15 is 0 Å². The molecule has 1 aliphatic rings. The van der Waals surface area contributed by atoms with E-state index in [9.17, 15) is 4.79 Å². The third-order valence-corrected chi connectivity index (χ3v) is 4.50. The van der Waals surface area contributed by atoms with Crippen LogP contribution in [0.1, 0.15) is 31.7 Å². The molecule has 0 saturated carbocycles. The van der Waals surface area contributed by atoms with Crippen LogP contribution in [-0.2, 0) is 11.3 Å². The van der Waals surface area contributed by atoms with Crippen LogP contribution in [0.4, 0.5) is 0 Å². The molecule has 0 aromatic heterocycles. The van der Waals surface area contributed by atoms with E-state index < -0.39 is 0 Å². The lowest BCUT2D eigenvalue weighted by atomic mass is 9.95. The number of halogens is 1. The second kappa shape index (κ2) is 11.9. The minimum Gasteiger partial charge on any atom is -0.493 e. The predicted molar refractivity (Wildman–Crippen MR) is 118 cm³/mol. The van der Waals surface area contributed by atoms with Crippen LogP contribution in [0.25, 0.3) is 0 Å². The number of carbonyl (C=O) groups is 1. The number of methoxy groups -OCH3 is 2. The number of primary amides is 1. The summed E-state index contributed by atoms with van der Waals surface area (Å²) in [6.07, 6.45) is 2.51. The molecular formula is C19H31IN4O3. The largest absolute Gasteiger partial charge is 0.493 e. The maximum absolute atomic E-state index is 11.2. The summed E-state index contributed by atoms with van der Waals surface area (Å²) < 4.78 is 10.6. The highest BCUT2D eigenvalue weighted by Crippen LogP contribution is 2.28. The summed E-state index contributed by atoms with van der Waals surface area (Å²) in [5.41, 5.74) is 6.41. The van der Waals surface area contributed by atoms with Crippen LogP contribution in [0, 0.1) is 5.92 Å². The molecule has 1 aromatic carbocycles. The van der Waals surface area contributed by atoms with E-state index in [1.54, 1.807) is 14.2 Å². The van der Waals surface area contributed by atoms with Gasteiger partial charge >= 0.3 is 0 Å². The second-order valence-corrected chi connectivity index (χ2v) is 6.48. The van der Waals surface area contributed by atoms with Gasteiger partial charge in [-0.1, -0.05) is 6.07 Å². The molecule has 1 saturated heterocycles. The molecule has 1 aromatic rings. The number of carbonyl (C=O) groups excluding carboxylic acids is 1. The van der Waals surface area contributed by atoms with E-state index in [-0.39, 0.29) is 29.9 Å². The molecule has 0 spiro atoms. The van der Waals surface area contributed by atoms with Crippen molar-refractivity contribution in [1.29, 1.82) is 0 Å². The lowest BCUT2D eigenvalue weighted by Crippen LogP contribution is -2.47. The first-order chi connectivity index (χ1) is 12.6. The quantitative estimate of drug-likeness (QED) is 0.348. The molecule has 0 aliphatic carbocycles. The number of likely N-dealkylation sites (tertiary alicyclic amines) is 1. The van der Waals surface area contributed by atoms with Crippen molar-refractivity contribution in [3.8, 4) is 11.5 Å². The average molecular weight is 490 g/mol. The summed E-state index contributed by atoms with van der Waals surface area (Å²) in [5, 5.41) is 3.35. The second-order valence-electron chi connectivity index (χ2n) is 6.48. The van der Waals surface area contributed by atoms with Gasteiger partial charge in [0.15, 0.2) is 17.5 Å². The van der Waals surface area contributed by atoms with Gasteiger partial charge in [0.05, 0.1) is 20.8 Å². The topological polar surface area (TPSA) is 89.2 Å². The van der Waals surface area contributed by atoms with Crippen molar-refractivity contribution in [2.75, 3.05) is 33.9 Å². The zero-order valence-corrected chi connectivity index (χ0v) is 18.7. The third kappa shape index (κ3) is 7.08. The Hall–Kier alpha value is -1.71. The lowest BCUT2D eigenvalue weighted by Gasteiger charge is -2.34. The number of hydrogen-bond donors (Lipinski definition) is 2. The summed E-state index contributed by atoms with van der Waals surface area (Å²) in [5.74, 6) is 2.34. The summed E-state index contributed by atoms with van der Waals surface area (Å²) in [7, 11) is 3.25. The van der Waals surface area contributed by atoms with Crippen molar-refractivity contribution < 1.29 is 14.3 Å². The van der Waals surface area contributed by atoms with Crippen LogP contribution < -0.4 is 20.5 Å². The summed E-state index contributed by atoms with van der Waals surface area (Å²) >= 11 is 0. The maximum Gasteiger partial charge on any atom is 0.217 e. The SMILES string of the molecule is CCNC(=NCc1ccc(OC)c(OC)c1)N1CCCC(CC(N)=O)C1.I. The Morgan fingerprint density at radius 3 is 2.70 bits per heavy atom. The summed E-state index contributed by atoms with van der Waals surface area (Å²) in [4.78, 5) is 18.2. The molecule has 1 amide bonds. The summed E-state index contributed by atoms with van der Waals surface area (Å²) in [6.45, 7) is 5.13. The number of guanidine groups is 1. The number of ether oxygens (including phenoxy) is 2. The number of amides is 1. The first kappa shape index (κ1) is 23.3. The van der Waals surface area contributed by atoms with Gasteiger partial charge in [0.2, 0.25) is 5.91 Å². The van der Waals surface area contributed by atoms with Gasteiger partial charge in [-0.2, -0.15) is 0 Å². The number of nitrogens with zero attached hydrogens (tertiary/aromatic N) is 2. The third-order valence-electron chi connectivity index (χ3n) is 4.50. The number of aliphatic imine (C=N–C) groups is 1. The van der Waals surface area contributed by atoms with Gasteiger partial charge in [-0.25, -0.2) is 4.99 Å². The molecule has 0 radical (unpaired) electrons. The molecule has 7 nitrogen and oxygen atoms in total. The van der Waals surface area contributed by atoms with Gasteiger partial charge in [0.25, 0.3) is 0 Å². The van der Waals surface area contributed by atoms with Crippen molar-refractivity contribution in [3.63, 3.8) is 0 Å². The van der Waals surface area contributed by atoms with Crippen molar-refractivity contribution in [2.24, 2.45) is 16.6 Å². The standard InChI is InChI=1S/C19H30N4O3.HI/c1-4-21-19(23-9-5-6-15(13-23)11-18(20)24)22-12-14-7-8-16(25-2)17(10-14)26-3;/h7-8,10,15H,4-6,9,11-13H2,1-3H3,(H2,20,24)(H,21,22);1H. The molecular weight excluding hydrogens is 459 g/mol. The zero-order valence-electron chi connectivity index (χ0n) is 16.4.